The topological polar surface area (TPSA) is 66.6 Å². The maximum Gasteiger partial charge on any atom is 0.254 e. The molecule has 0 atom stereocenters. The fourth-order valence-electron chi connectivity index (χ4n) is 1.35. The van der Waals surface area contributed by atoms with E-state index in [1.165, 1.54) is 6.07 Å². The van der Waals surface area contributed by atoms with Crippen LogP contribution in [0.1, 0.15) is 29.8 Å². The van der Waals surface area contributed by atoms with Gasteiger partial charge < -0.3 is 15.7 Å². The van der Waals surface area contributed by atoms with Gasteiger partial charge in [0.05, 0.1) is 0 Å². The largest absolute Gasteiger partial charge is 0.508 e. The monoisotopic (exact) mass is 236 g/mol. The van der Waals surface area contributed by atoms with Gasteiger partial charge in [-0.25, -0.2) is 0 Å². The zero-order valence-electron chi connectivity index (χ0n) is 10.8. The van der Waals surface area contributed by atoms with E-state index in [-0.39, 0.29) is 11.7 Å². The van der Waals surface area contributed by atoms with E-state index in [0.717, 1.165) is 5.56 Å². The Morgan fingerprint density at radius 1 is 1.47 bits per heavy atom. The number of nitrogens with zero attached hydrogens (tertiary/aromatic N) is 1. The van der Waals surface area contributed by atoms with Gasteiger partial charge in [0.1, 0.15) is 5.75 Å². The van der Waals surface area contributed by atoms with Gasteiger partial charge in [-0.15, -0.1) is 0 Å². The average Bonchev–Trinajstić information content (AvgIpc) is 2.30. The van der Waals surface area contributed by atoms with Crippen molar-refractivity contribution in [3.8, 4) is 5.75 Å². The molecule has 0 spiro atoms. The molecule has 0 heterocycles. The van der Waals surface area contributed by atoms with Gasteiger partial charge in [-0.05, 0) is 38.5 Å². The highest BCUT2D eigenvalue weighted by molar-refractivity contribution is 5.95. The summed E-state index contributed by atoms with van der Waals surface area (Å²) in [6, 6.07) is 4.92. The first-order valence-corrected chi connectivity index (χ1v) is 5.57. The molecule has 0 aliphatic carbocycles. The van der Waals surface area contributed by atoms with Crippen LogP contribution in [0.2, 0.25) is 0 Å². The van der Waals surface area contributed by atoms with E-state index in [1.54, 1.807) is 31.0 Å². The Hall–Kier alpha value is -1.55. The molecule has 94 valence electrons. The number of rotatable bonds is 3. The van der Waals surface area contributed by atoms with Crippen LogP contribution >= 0.6 is 0 Å². The molecule has 0 saturated heterocycles. The number of benzene rings is 1. The van der Waals surface area contributed by atoms with Crippen LogP contribution in [0.4, 0.5) is 0 Å². The SMILES string of the molecule is Cc1ccc(C(=O)N(C)C(C)(C)CN)cc1O. The van der Waals surface area contributed by atoms with E-state index in [9.17, 15) is 9.90 Å². The fourth-order valence-corrected chi connectivity index (χ4v) is 1.35. The van der Waals surface area contributed by atoms with Crippen LogP contribution in [0.3, 0.4) is 0 Å². The summed E-state index contributed by atoms with van der Waals surface area (Å²) in [5.74, 6) is -0.00875. The van der Waals surface area contributed by atoms with Crippen LogP contribution in [0, 0.1) is 6.92 Å². The van der Waals surface area contributed by atoms with Gasteiger partial charge in [-0.1, -0.05) is 6.07 Å². The summed E-state index contributed by atoms with van der Waals surface area (Å²) in [7, 11) is 1.71. The molecule has 4 heteroatoms. The minimum Gasteiger partial charge on any atom is -0.508 e. The van der Waals surface area contributed by atoms with Crippen molar-refractivity contribution in [2.24, 2.45) is 5.73 Å². The number of amides is 1. The van der Waals surface area contributed by atoms with Crippen LogP contribution in [0.25, 0.3) is 0 Å². The molecule has 0 saturated carbocycles. The third-order valence-corrected chi connectivity index (χ3v) is 3.17. The molecule has 1 aromatic rings. The van der Waals surface area contributed by atoms with Gasteiger partial charge >= 0.3 is 0 Å². The van der Waals surface area contributed by atoms with E-state index < -0.39 is 5.54 Å². The summed E-state index contributed by atoms with van der Waals surface area (Å²) in [5.41, 5.74) is 6.45. The van der Waals surface area contributed by atoms with Crippen LogP contribution < -0.4 is 5.73 Å². The number of carbonyl (C=O) groups excluding carboxylic acids is 1. The molecule has 0 aromatic heterocycles. The van der Waals surface area contributed by atoms with Crippen molar-refractivity contribution in [1.29, 1.82) is 0 Å². The number of phenolic OH excluding ortho intramolecular Hbond substituents is 1. The number of hydrogen-bond acceptors (Lipinski definition) is 3. The molecule has 0 radical (unpaired) electrons. The zero-order chi connectivity index (χ0) is 13.2. The van der Waals surface area contributed by atoms with Crippen molar-refractivity contribution in [1.82, 2.24) is 4.90 Å². The second kappa shape index (κ2) is 4.75. The Balaban J connectivity index is 3.01. The Morgan fingerprint density at radius 2 is 2.06 bits per heavy atom. The van der Waals surface area contributed by atoms with E-state index in [0.29, 0.717) is 12.1 Å². The van der Waals surface area contributed by atoms with E-state index in [4.69, 9.17) is 5.73 Å². The Kier molecular flexibility index (Phi) is 3.78. The molecule has 3 N–H and O–H groups in total. The summed E-state index contributed by atoms with van der Waals surface area (Å²) in [5, 5.41) is 9.60. The van der Waals surface area contributed by atoms with Gasteiger partial charge in [0.25, 0.3) is 5.91 Å². The number of nitrogens with two attached hydrogens (primary N) is 1. The number of carbonyl (C=O) groups is 1. The van der Waals surface area contributed by atoms with Gasteiger partial charge in [0.2, 0.25) is 0 Å². The fraction of sp³-hybridized carbons (Fsp3) is 0.462. The van der Waals surface area contributed by atoms with Gasteiger partial charge in [0, 0.05) is 24.7 Å². The van der Waals surface area contributed by atoms with Crippen molar-refractivity contribution >= 4 is 5.91 Å². The highest BCUT2D eigenvalue weighted by Gasteiger charge is 2.26. The number of phenols is 1. The van der Waals surface area contributed by atoms with Gasteiger partial charge in [-0.2, -0.15) is 0 Å². The van der Waals surface area contributed by atoms with Crippen molar-refractivity contribution in [2.45, 2.75) is 26.3 Å². The first kappa shape index (κ1) is 13.5. The van der Waals surface area contributed by atoms with Gasteiger partial charge in [-0.3, -0.25) is 4.79 Å². The Morgan fingerprint density at radius 3 is 2.53 bits per heavy atom. The normalized spacial score (nSPS) is 11.4. The molecule has 0 aliphatic rings. The average molecular weight is 236 g/mol. The quantitative estimate of drug-likeness (QED) is 0.836. The molecule has 17 heavy (non-hydrogen) atoms. The first-order chi connectivity index (χ1) is 7.79. The second-order valence-electron chi connectivity index (χ2n) is 4.88. The third kappa shape index (κ3) is 2.77. The highest BCUT2D eigenvalue weighted by Crippen LogP contribution is 2.20. The molecule has 0 aliphatic heterocycles. The number of likely N-dealkylation sites (N-methyl/N-ethyl adjacent to an activating group) is 1. The lowest BCUT2D eigenvalue weighted by atomic mass is 10.0. The van der Waals surface area contributed by atoms with E-state index in [1.807, 2.05) is 13.8 Å². The minimum atomic E-state index is -0.405. The predicted octanol–water partition coefficient (Wildman–Crippen LogP) is 1.51. The van der Waals surface area contributed by atoms with Crippen LogP contribution in [-0.2, 0) is 0 Å². The second-order valence-corrected chi connectivity index (χ2v) is 4.88. The number of aromatic hydroxyl groups is 1. The maximum absolute atomic E-state index is 12.2. The van der Waals surface area contributed by atoms with Crippen LogP contribution in [0.15, 0.2) is 18.2 Å². The zero-order valence-corrected chi connectivity index (χ0v) is 10.8. The summed E-state index contributed by atoms with van der Waals surface area (Å²) in [6.07, 6.45) is 0. The third-order valence-electron chi connectivity index (χ3n) is 3.17. The van der Waals surface area contributed by atoms with Gasteiger partial charge in [0.15, 0.2) is 0 Å². The van der Waals surface area contributed by atoms with E-state index in [2.05, 4.69) is 0 Å². The number of aryl methyl sites for hydroxylation is 1. The smallest absolute Gasteiger partial charge is 0.254 e. The standard InChI is InChI=1S/C13H20N2O2/c1-9-5-6-10(7-11(9)16)12(17)15(4)13(2,3)8-14/h5-7,16H,8,14H2,1-4H3. The maximum atomic E-state index is 12.2. The molecular formula is C13H20N2O2. The molecule has 1 rings (SSSR count). The summed E-state index contributed by atoms with van der Waals surface area (Å²) >= 11 is 0. The van der Waals surface area contributed by atoms with Crippen molar-refractivity contribution in [3.05, 3.63) is 29.3 Å². The molecule has 4 nitrogen and oxygen atoms in total. The summed E-state index contributed by atoms with van der Waals surface area (Å²) in [4.78, 5) is 13.8. The number of hydrogen-bond donors (Lipinski definition) is 2. The summed E-state index contributed by atoms with van der Waals surface area (Å²) < 4.78 is 0. The molecule has 1 aromatic carbocycles. The molecule has 0 fully saturated rings. The van der Waals surface area contributed by atoms with E-state index >= 15 is 0 Å². The van der Waals surface area contributed by atoms with Crippen LogP contribution in [-0.4, -0.2) is 35.0 Å². The lowest BCUT2D eigenvalue weighted by molar-refractivity contribution is 0.0640. The van der Waals surface area contributed by atoms with Crippen molar-refractivity contribution < 1.29 is 9.90 Å². The molecule has 0 bridgehead atoms. The van der Waals surface area contributed by atoms with Crippen molar-refractivity contribution in [3.63, 3.8) is 0 Å². The molecule has 1 amide bonds. The lowest BCUT2D eigenvalue weighted by Gasteiger charge is -2.34. The first-order valence-electron chi connectivity index (χ1n) is 5.57. The molecule has 0 unspecified atom stereocenters. The highest BCUT2D eigenvalue weighted by atomic mass is 16.3. The predicted molar refractivity (Wildman–Crippen MR) is 68.1 cm³/mol. The summed E-state index contributed by atoms with van der Waals surface area (Å²) in [6.45, 7) is 5.97. The van der Waals surface area contributed by atoms with Crippen molar-refractivity contribution in [2.75, 3.05) is 13.6 Å². The molecular weight excluding hydrogens is 216 g/mol. The Labute approximate surface area is 102 Å². The Bertz CT molecular complexity index is 427. The minimum absolute atomic E-state index is 0.134. The van der Waals surface area contributed by atoms with Crippen LogP contribution in [0.5, 0.6) is 5.75 Å². The lowest BCUT2D eigenvalue weighted by Crippen LogP contribution is -2.50.